The molecule has 6 nitrogen and oxygen atoms in total. The predicted molar refractivity (Wildman–Crippen MR) is 104 cm³/mol. The van der Waals surface area contributed by atoms with Crippen LogP contribution in [0.4, 0.5) is 5.69 Å². The normalized spacial score (nSPS) is 13.9. The first-order chi connectivity index (χ1) is 12.5. The van der Waals surface area contributed by atoms with Crippen LogP contribution in [0.3, 0.4) is 0 Å². The van der Waals surface area contributed by atoms with Gasteiger partial charge in [-0.2, -0.15) is 0 Å². The highest BCUT2D eigenvalue weighted by Gasteiger charge is 2.18. The number of thioether (sulfide) groups is 1. The zero-order chi connectivity index (χ0) is 18.4. The number of aliphatic imine (C=N–C) groups is 1. The largest absolute Gasteiger partial charge is 0.325 e. The van der Waals surface area contributed by atoms with E-state index in [1.54, 1.807) is 12.1 Å². The van der Waals surface area contributed by atoms with E-state index < -0.39 is 10.0 Å². The van der Waals surface area contributed by atoms with Crippen LogP contribution in [0.25, 0.3) is 0 Å². The van der Waals surface area contributed by atoms with Gasteiger partial charge in [0.1, 0.15) is 5.84 Å². The second-order valence-electron chi connectivity index (χ2n) is 5.72. The summed E-state index contributed by atoms with van der Waals surface area (Å²) in [6, 6.07) is 15.8. The van der Waals surface area contributed by atoms with E-state index in [1.165, 1.54) is 23.9 Å². The van der Waals surface area contributed by atoms with Gasteiger partial charge in [0, 0.05) is 23.5 Å². The number of amides is 1. The molecule has 0 bridgehead atoms. The predicted octanol–water partition coefficient (Wildman–Crippen LogP) is 2.89. The number of carbonyl (C=O) groups excluding carboxylic acids is 1. The zero-order valence-corrected chi connectivity index (χ0v) is 15.6. The maximum Gasteiger partial charge on any atom is 0.262 e. The Kier molecular flexibility index (Phi) is 5.95. The summed E-state index contributed by atoms with van der Waals surface area (Å²) in [7, 11) is -3.69. The first kappa shape index (κ1) is 18.5. The lowest BCUT2D eigenvalue weighted by atomic mass is 10.3. The van der Waals surface area contributed by atoms with Gasteiger partial charge in [-0.25, -0.2) is 8.42 Å². The maximum atomic E-state index is 12.4. The highest BCUT2D eigenvalue weighted by Crippen LogP contribution is 2.19. The Bertz CT molecular complexity index is 912. The number of nitrogens with zero attached hydrogens (tertiary/aromatic N) is 1. The second-order valence-corrected chi connectivity index (χ2v) is 8.45. The zero-order valence-electron chi connectivity index (χ0n) is 14.0. The summed E-state index contributed by atoms with van der Waals surface area (Å²) in [4.78, 5) is 17.3. The summed E-state index contributed by atoms with van der Waals surface area (Å²) < 4.78 is 27.4. The molecule has 0 atom stereocenters. The van der Waals surface area contributed by atoms with Gasteiger partial charge < -0.3 is 5.32 Å². The molecular formula is C18H19N3O3S2. The van der Waals surface area contributed by atoms with Gasteiger partial charge in [0.25, 0.3) is 10.0 Å². The molecular weight excluding hydrogens is 370 g/mol. The van der Waals surface area contributed by atoms with Gasteiger partial charge in [0.05, 0.1) is 10.6 Å². The summed E-state index contributed by atoms with van der Waals surface area (Å²) in [5, 5.41) is 2.74. The lowest BCUT2D eigenvalue weighted by Crippen LogP contribution is -2.29. The van der Waals surface area contributed by atoms with Crippen LogP contribution < -0.4 is 10.0 Å². The summed E-state index contributed by atoms with van der Waals surface area (Å²) >= 11 is 1.42. The molecule has 2 N–H and O–H groups in total. The molecule has 0 spiro atoms. The number of rotatable bonds is 6. The average Bonchev–Trinajstić information content (AvgIpc) is 3.13. The first-order valence-corrected chi connectivity index (χ1v) is 10.6. The molecule has 8 heteroatoms. The van der Waals surface area contributed by atoms with Crippen LogP contribution in [0.5, 0.6) is 0 Å². The third kappa shape index (κ3) is 5.09. The number of amidine groups is 1. The Hall–Kier alpha value is -2.32. The van der Waals surface area contributed by atoms with E-state index in [1.807, 2.05) is 30.3 Å². The van der Waals surface area contributed by atoms with Crippen molar-refractivity contribution in [3.63, 3.8) is 0 Å². The van der Waals surface area contributed by atoms with Crippen LogP contribution in [0.15, 0.2) is 69.4 Å². The number of nitrogens with one attached hydrogen (secondary N) is 2. The maximum absolute atomic E-state index is 12.4. The van der Waals surface area contributed by atoms with Gasteiger partial charge in [0.2, 0.25) is 5.91 Å². The van der Waals surface area contributed by atoms with Crippen molar-refractivity contribution in [3.8, 4) is 0 Å². The fraction of sp³-hybridized carbons (Fsp3) is 0.222. The van der Waals surface area contributed by atoms with Gasteiger partial charge in [-0.05, 0) is 36.8 Å². The summed E-state index contributed by atoms with van der Waals surface area (Å²) in [5.74, 6) is 0.538. The van der Waals surface area contributed by atoms with Crippen molar-refractivity contribution >= 4 is 39.2 Å². The van der Waals surface area contributed by atoms with Crippen LogP contribution in [-0.4, -0.2) is 32.5 Å². The third-order valence-corrected chi connectivity index (χ3v) is 6.06. The smallest absolute Gasteiger partial charge is 0.262 e. The molecule has 1 amide bonds. The number of hydrogen-bond donors (Lipinski definition) is 2. The number of carbonyl (C=O) groups is 1. The molecule has 1 aliphatic rings. The van der Waals surface area contributed by atoms with Crippen molar-refractivity contribution in [3.05, 3.63) is 54.6 Å². The van der Waals surface area contributed by atoms with Crippen LogP contribution in [-0.2, 0) is 14.8 Å². The molecule has 1 aliphatic heterocycles. The van der Waals surface area contributed by atoms with Gasteiger partial charge in [-0.3, -0.25) is 14.5 Å². The minimum atomic E-state index is -3.69. The Morgan fingerprint density at radius 2 is 1.92 bits per heavy atom. The van der Waals surface area contributed by atoms with Gasteiger partial charge >= 0.3 is 0 Å². The van der Waals surface area contributed by atoms with Crippen LogP contribution in [0.1, 0.15) is 12.8 Å². The Balaban J connectivity index is 1.62. The molecule has 0 aliphatic carbocycles. The average molecular weight is 390 g/mol. The number of hydrogen-bond acceptors (Lipinski definition) is 5. The van der Waals surface area contributed by atoms with Crippen molar-refractivity contribution in [1.29, 1.82) is 0 Å². The van der Waals surface area contributed by atoms with Crippen LogP contribution in [0, 0.1) is 0 Å². The van der Waals surface area contributed by atoms with Crippen molar-refractivity contribution in [2.45, 2.75) is 22.6 Å². The number of anilines is 1. The quantitative estimate of drug-likeness (QED) is 0.744. The molecule has 0 fully saturated rings. The summed E-state index contributed by atoms with van der Waals surface area (Å²) in [6.07, 6.45) is 1.49. The standard InChI is InChI=1S/C18H19N3O3S2/c22-18(13-25-15-7-2-1-3-8-15)20-14-6-4-9-16(12-14)26(23,24)21-17-10-5-11-19-17/h1-4,6-9,12H,5,10-11,13H2,(H,19,21)(H,20,22). The van der Waals surface area contributed by atoms with Crippen molar-refractivity contribution in [1.82, 2.24) is 4.72 Å². The second kappa shape index (κ2) is 8.37. The van der Waals surface area contributed by atoms with Gasteiger partial charge in [-0.15, -0.1) is 11.8 Å². The lowest BCUT2D eigenvalue weighted by Gasteiger charge is -2.10. The van der Waals surface area contributed by atoms with E-state index in [2.05, 4.69) is 15.0 Å². The first-order valence-electron chi connectivity index (χ1n) is 8.17. The van der Waals surface area contributed by atoms with Gasteiger partial charge in [0.15, 0.2) is 0 Å². The molecule has 26 heavy (non-hydrogen) atoms. The highest BCUT2D eigenvalue weighted by atomic mass is 32.2. The van der Waals surface area contributed by atoms with E-state index in [0.29, 0.717) is 24.5 Å². The Morgan fingerprint density at radius 3 is 2.65 bits per heavy atom. The molecule has 0 unspecified atom stereocenters. The molecule has 0 aromatic heterocycles. The molecule has 2 aromatic carbocycles. The van der Waals surface area contributed by atoms with Crippen LogP contribution in [0.2, 0.25) is 0 Å². The molecule has 136 valence electrons. The minimum Gasteiger partial charge on any atom is -0.325 e. The Labute approximate surface area is 157 Å². The molecule has 1 heterocycles. The highest BCUT2D eigenvalue weighted by molar-refractivity contribution is 8.00. The molecule has 0 saturated carbocycles. The van der Waals surface area contributed by atoms with Crippen molar-refractivity contribution in [2.24, 2.45) is 4.99 Å². The molecule has 0 saturated heterocycles. The number of sulfonamides is 1. The van der Waals surface area contributed by atoms with E-state index in [-0.39, 0.29) is 16.6 Å². The fourth-order valence-corrected chi connectivity index (χ4v) is 4.29. The summed E-state index contributed by atoms with van der Waals surface area (Å²) in [5.41, 5.74) is 0.444. The van der Waals surface area contributed by atoms with Crippen molar-refractivity contribution in [2.75, 3.05) is 17.6 Å². The SMILES string of the molecule is O=C(CSc1ccccc1)Nc1cccc(S(=O)(=O)NC2=NCCC2)c1. The third-order valence-electron chi connectivity index (χ3n) is 3.67. The van der Waals surface area contributed by atoms with E-state index in [4.69, 9.17) is 0 Å². The number of benzene rings is 2. The van der Waals surface area contributed by atoms with Crippen LogP contribution >= 0.6 is 11.8 Å². The summed E-state index contributed by atoms with van der Waals surface area (Å²) in [6.45, 7) is 0.646. The van der Waals surface area contributed by atoms with E-state index >= 15 is 0 Å². The molecule has 0 radical (unpaired) electrons. The molecule has 2 aromatic rings. The fourth-order valence-electron chi connectivity index (χ4n) is 2.44. The Morgan fingerprint density at radius 1 is 1.12 bits per heavy atom. The monoisotopic (exact) mass is 389 g/mol. The minimum absolute atomic E-state index is 0.0978. The molecule has 3 rings (SSSR count). The van der Waals surface area contributed by atoms with E-state index in [9.17, 15) is 13.2 Å². The topological polar surface area (TPSA) is 87.6 Å². The van der Waals surface area contributed by atoms with Crippen molar-refractivity contribution < 1.29 is 13.2 Å². The lowest BCUT2D eigenvalue weighted by molar-refractivity contribution is -0.113. The van der Waals surface area contributed by atoms with E-state index in [0.717, 1.165) is 11.3 Å². The van der Waals surface area contributed by atoms with Gasteiger partial charge in [-0.1, -0.05) is 24.3 Å².